The third-order valence-electron chi connectivity index (χ3n) is 10.3. The van der Waals surface area contributed by atoms with Gasteiger partial charge in [-0.05, 0) is 101 Å². The lowest BCUT2D eigenvalue weighted by Gasteiger charge is -2.31. The molecule has 14 nitrogen and oxygen atoms in total. The first-order valence-corrected chi connectivity index (χ1v) is 22.8. The van der Waals surface area contributed by atoms with E-state index in [4.69, 9.17) is 21.1 Å². The Kier molecular flexibility index (Phi) is 28.7. The molecule has 0 aliphatic rings. The number of pyridine rings is 2. The van der Waals surface area contributed by atoms with E-state index < -0.39 is 41.6 Å². The molecule has 0 bridgehead atoms. The van der Waals surface area contributed by atoms with Gasteiger partial charge in [0.1, 0.15) is 11.2 Å². The number of hydrogen-bond acceptors (Lipinski definition) is 12. The Labute approximate surface area is 449 Å². The monoisotopic (exact) mass is 1070 g/mol. The maximum absolute atomic E-state index is 12.7. The number of carbonyl (C=O) groups is 2. The number of hydrazine groups is 2. The van der Waals surface area contributed by atoms with Gasteiger partial charge in [-0.15, -0.1) is 49.6 Å². The van der Waals surface area contributed by atoms with Crippen LogP contribution in [0.25, 0.3) is 22.5 Å². The minimum Gasteiger partial charge on any atom is -0.444 e. The summed E-state index contributed by atoms with van der Waals surface area (Å²) in [7, 11) is 0. The Morgan fingerprint density at radius 1 is 0.556 bits per heavy atom. The molecule has 2 unspecified atom stereocenters. The number of nitrogens with zero attached hydrogens (tertiary/aromatic N) is 4. The summed E-state index contributed by atoms with van der Waals surface area (Å²) in [6, 6.07) is 46.0. The lowest BCUT2D eigenvalue weighted by Crippen LogP contribution is -2.54. The van der Waals surface area contributed by atoms with Crippen LogP contribution in [0.3, 0.4) is 0 Å². The average Bonchev–Trinajstić information content (AvgIpc) is 3.29. The van der Waals surface area contributed by atoms with Crippen LogP contribution in [0.1, 0.15) is 63.8 Å². The number of benzene rings is 4. The van der Waals surface area contributed by atoms with Crippen LogP contribution in [0.15, 0.2) is 158 Å². The van der Waals surface area contributed by atoms with Crippen molar-refractivity contribution in [2.75, 3.05) is 13.1 Å². The number of nitrogens with two attached hydrogens (primary N) is 2. The first kappa shape index (κ1) is 64.7. The fourth-order valence-electron chi connectivity index (χ4n) is 7.09. The average molecular weight is 1070 g/mol. The fraction of sp³-hybridized carbons (Fsp3) is 0.333. The summed E-state index contributed by atoms with van der Waals surface area (Å²) >= 11 is 0. The molecular weight excluding hydrogens is 998 g/mol. The van der Waals surface area contributed by atoms with E-state index in [0.29, 0.717) is 25.9 Å². The molecular formula is C54H72Cl4N8O6. The number of amides is 2. The SMILES string of the molecule is CC(C)(C)OC(=O)NC(Cc1ccccc1)[C@@H](O)CN(Cc1ccc(-c2ccccn2)cc1)NC(=O)OC(C)(C)C.Cl.Cl.Cl.Cl.NC(Cc1ccccc1)[C@@H](O)CN(N)Cc1ccc(-c2ccccn2)cc1. The normalized spacial score (nSPS) is 12.6. The summed E-state index contributed by atoms with van der Waals surface area (Å²) in [5, 5.41) is 27.8. The van der Waals surface area contributed by atoms with Crippen LogP contribution in [0.2, 0.25) is 0 Å². The van der Waals surface area contributed by atoms with Crippen LogP contribution >= 0.6 is 49.6 Å². The zero-order valence-corrected chi connectivity index (χ0v) is 44.9. The minimum absolute atomic E-state index is 0. The van der Waals surface area contributed by atoms with Crippen LogP contribution < -0.4 is 22.3 Å². The van der Waals surface area contributed by atoms with Crippen molar-refractivity contribution < 1.29 is 29.3 Å². The molecule has 2 heterocycles. The van der Waals surface area contributed by atoms with Crippen molar-refractivity contribution in [1.29, 1.82) is 0 Å². The van der Waals surface area contributed by atoms with Gasteiger partial charge in [0.05, 0.1) is 29.6 Å². The third-order valence-corrected chi connectivity index (χ3v) is 10.3. The van der Waals surface area contributed by atoms with E-state index in [-0.39, 0.29) is 68.8 Å². The second kappa shape index (κ2) is 32.0. The Hall–Kier alpha value is -5.36. The second-order valence-corrected chi connectivity index (χ2v) is 18.7. The molecule has 8 N–H and O–H groups in total. The predicted molar refractivity (Wildman–Crippen MR) is 296 cm³/mol. The minimum atomic E-state index is -1.06. The predicted octanol–water partition coefficient (Wildman–Crippen LogP) is 9.53. The summed E-state index contributed by atoms with van der Waals surface area (Å²) < 4.78 is 10.9. The van der Waals surface area contributed by atoms with Crippen molar-refractivity contribution in [3.8, 4) is 22.5 Å². The molecule has 0 fully saturated rings. The summed E-state index contributed by atoms with van der Waals surface area (Å²) in [4.78, 5) is 34.1. The van der Waals surface area contributed by atoms with Gasteiger partial charge in [-0.2, -0.15) is 0 Å². The number of aliphatic hydroxyl groups excluding tert-OH is 2. The van der Waals surface area contributed by atoms with E-state index in [1.807, 2.05) is 146 Å². The molecule has 4 atom stereocenters. The van der Waals surface area contributed by atoms with E-state index in [2.05, 4.69) is 20.7 Å². The van der Waals surface area contributed by atoms with Crippen molar-refractivity contribution in [3.05, 3.63) is 180 Å². The molecule has 72 heavy (non-hydrogen) atoms. The van der Waals surface area contributed by atoms with Gasteiger partial charge in [0.25, 0.3) is 0 Å². The molecule has 0 radical (unpaired) electrons. The zero-order valence-electron chi connectivity index (χ0n) is 41.7. The van der Waals surface area contributed by atoms with Gasteiger partial charge in [0.2, 0.25) is 0 Å². The van der Waals surface area contributed by atoms with Crippen LogP contribution in [0.4, 0.5) is 9.59 Å². The summed E-state index contributed by atoms with van der Waals surface area (Å²) in [5.41, 5.74) is 15.3. The number of rotatable bonds is 18. The molecule has 0 saturated heterocycles. The largest absolute Gasteiger partial charge is 0.444 e. The molecule has 6 aromatic rings. The van der Waals surface area contributed by atoms with E-state index >= 15 is 0 Å². The van der Waals surface area contributed by atoms with Crippen LogP contribution in [-0.4, -0.2) is 91.0 Å². The van der Waals surface area contributed by atoms with Gasteiger partial charge in [-0.1, -0.05) is 121 Å². The number of alkyl carbamates (subject to hydrolysis) is 1. The van der Waals surface area contributed by atoms with Gasteiger partial charge in [-0.25, -0.2) is 19.6 Å². The molecule has 0 aliphatic carbocycles. The summed E-state index contributed by atoms with van der Waals surface area (Å²) in [6.45, 7) is 11.8. The number of ether oxygens (including phenoxy) is 2. The highest BCUT2D eigenvalue weighted by molar-refractivity contribution is 5.86. The number of halogens is 4. The Balaban J connectivity index is 0.000000731. The Bertz CT molecular complexity index is 2410. The summed E-state index contributed by atoms with van der Waals surface area (Å²) in [6.07, 6.45) is 1.48. The van der Waals surface area contributed by atoms with Crippen LogP contribution in [0, 0.1) is 0 Å². The second-order valence-electron chi connectivity index (χ2n) is 18.7. The number of carbonyl (C=O) groups excluding carboxylic acids is 2. The van der Waals surface area contributed by atoms with Gasteiger partial charge < -0.3 is 30.7 Å². The molecule has 0 spiro atoms. The van der Waals surface area contributed by atoms with E-state index in [1.54, 1.807) is 64.0 Å². The maximum atomic E-state index is 12.7. The highest BCUT2D eigenvalue weighted by Crippen LogP contribution is 2.20. The highest BCUT2D eigenvalue weighted by Gasteiger charge is 2.28. The molecule has 392 valence electrons. The van der Waals surface area contributed by atoms with Gasteiger partial charge >= 0.3 is 12.2 Å². The molecule has 4 aromatic carbocycles. The Morgan fingerprint density at radius 2 is 0.986 bits per heavy atom. The quantitative estimate of drug-likeness (QED) is 0.0352. The van der Waals surface area contributed by atoms with E-state index in [0.717, 1.165) is 44.8 Å². The molecule has 2 aromatic heterocycles. The first-order chi connectivity index (χ1) is 32.4. The molecule has 0 saturated carbocycles. The molecule has 2 amide bonds. The number of aromatic nitrogens is 2. The summed E-state index contributed by atoms with van der Waals surface area (Å²) in [5.74, 6) is 6.09. The lowest BCUT2D eigenvalue weighted by atomic mass is 10.0. The van der Waals surface area contributed by atoms with E-state index in [1.165, 1.54) is 0 Å². The van der Waals surface area contributed by atoms with Crippen molar-refractivity contribution in [2.45, 2.75) is 103 Å². The molecule has 18 heteroatoms. The standard InChI is InChI=1S/C32H42N4O5.C22H26N4O.4ClH/c1-31(2,3)40-29(38)34-27(20-23-12-8-7-9-13-23)28(37)22-36(35-30(39)41-32(4,5)6)21-24-15-17-25(18-16-24)26-14-10-11-19-33-26;23-20(14-17-6-2-1-3-7-17)22(27)16-26(24)15-18-9-11-19(12-10-18)21-8-4-5-13-25-21;;;;/h7-19,27-28,37H,20-22H2,1-6H3,(H,34,38)(H,35,39);1-13,20,22,27H,14-16,23-24H2;4*1H/t27?,28-;20?,22-;;;;/m00..../s1. The first-order valence-electron chi connectivity index (χ1n) is 22.8. The van der Waals surface area contributed by atoms with Crippen molar-refractivity contribution >= 4 is 61.8 Å². The number of aliphatic hydroxyl groups is 2. The van der Waals surface area contributed by atoms with Crippen molar-refractivity contribution in [3.63, 3.8) is 0 Å². The van der Waals surface area contributed by atoms with Crippen LogP contribution in [-0.2, 0) is 35.4 Å². The third kappa shape index (κ3) is 23.9. The molecule has 6 rings (SSSR count). The van der Waals surface area contributed by atoms with Crippen molar-refractivity contribution in [2.24, 2.45) is 11.6 Å². The van der Waals surface area contributed by atoms with Gasteiger partial charge in [0.15, 0.2) is 0 Å². The number of nitrogens with one attached hydrogen (secondary N) is 2. The Morgan fingerprint density at radius 3 is 1.43 bits per heavy atom. The highest BCUT2D eigenvalue weighted by atomic mass is 35.5. The smallest absolute Gasteiger partial charge is 0.422 e. The fourth-order valence-corrected chi connectivity index (χ4v) is 7.09. The topological polar surface area (TPSA) is 201 Å². The number of hydrogen-bond donors (Lipinski definition) is 6. The maximum Gasteiger partial charge on any atom is 0.422 e. The van der Waals surface area contributed by atoms with Crippen LogP contribution in [0.5, 0.6) is 0 Å². The molecule has 0 aliphatic heterocycles. The van der Waals surface area contributed by atoms with Crippen molar-refractivity contribution in [1.82, 2.24) is 30.7 Å². The van der Waals surface area contributed by atoms with Gasteiger partial charge in [-0.3, -0.25) is 21.2 Å². The zero-order chi connectivity index (χ0) is 49.1. The van der Waals surface area contributed by atoms with Gasteiger partial charge in [0, 0.05) is 55.7 Å². The van der Waals surface area contributed by atoms with E-state index in [9.17, 15) is 19.8 Å². The lowest BCUT2D eigenvalue weighted by molar-refractivity contribution is 0.0106.